The van der Waals surface area contributed by atoms with Crippen molar-refractivity contribution in [2.75, 3.05) is 4.90 Å². The molecule has 0 amide bonds. The minimum Gasteiger partial charge on any atom is -0.311 e. The van der Waals surface area contributed by atoms with E-state index in [0.29, 0.717) is 0 Å². The summed E-state index contributed by atoms with van der Waals surface area (Å²) in [6, 6.07) is 47.7. The predicted octanol–water partition coefficient (Wildman–Crippen LogP) is 8.43. The van der Waals surface area contributed by atoms with Crippen molar-refractivity contribution in [2.24, 2.45) is 0 Å². The van der Waals surface area contributed by atoms with Gasteiger partial charge in [-0.2, -0.15) is 0 Å². The van der Waals surface area contributed by atoms with Gasteiger partial charge in [0.25, 0.3) is 0 Å². The Balaban J connectivity index is 1.47. The van der Waals surface area contributed by atoms with Gasteiger partial charge in [0.2, 0.25) is 0 Å². The fourth-order valence-electron chi connectivity index (χ4n) is 4.37. The van der Waals surface area contributed by atoms with Gasteiger partial charge in [-0.05, 0) is 48.5 Å². The van der Waals surface area contributed by atoms with Crippen LogP contribution in [0.3, 0.4) is 0 Å². The second-order valence-electron chi connectivity index (χ2n) is 8.33. The molecule has 0 aliphatic heterocycles. The van der Waals surface area contributed by atoms with E-state index in [0.717, 1.165) is 50.6 Å². The van der Waals surface area contributed by atoms with Crippen molar-refractivity contribution in [3.63, 3.8) is 0 Å². The lowest BCUT2D eigenvalue weighted by molar-refractivity contribution is 1.27. The van der Waals surface area contributed by atoms with Crippen LogP contribution in [0.4, 0.5) is 17.1 Å². The molecule has 0 radical (unpaired) electrons. The van der Waals surface area contributed by atoms with Crippen molar-refractivity contribution in [2.45, 2.75) is 0 Å². The SMILES string of the molecule is c1ccc(-c2nc3ccccc3nc2-c2ccc(N(c3ccccc3)c3ccccc3)cc2)cc1. The monoisotopic (exact) mass is 449 g/mol. The van der Waals surface area contributed by atoms with Crippen LogP contribution in [0.5, 0.6) is 0 Å². The van der Waals surface area contributed by atoms with Gasteiger partial charge in [0.15, 0.2) is 0 Å². The van der Waals surface area contributed by atoms with E-state index in [1.54, 1.807) is 0 Å². The van der Waals surface area contributed by atoms with E-state index in [1.807, 2.05) is 54.6 Å². The highest BCUT2D eigenvalue weighted by Gasteiger charge is 2.15. The van der Waals surface area contributed by atoms with Crippen molar-refractivity contribution < 1.29 is 0 Å². The van der Waals surface area contributed by atoms with E-state index >= 15 is 0 Å². The number of anilines is 3. The van der Waals surface area contributed by atoms with Crippen molar-refractivity contribution in [3.8, 4) is 22.5 Å². The first-order chi connectivity index (χ1) is 17.4. The first-order valence-electron chi connectivity index (χ1n) is 11.7. The minimum atomic E-state index is 0.882. The first kappa shape index (κ1) is 20.8. The molecular formula is C32H23N3. The smallest absolute Gasteiger partial charge is 0.0973 e. The zero-order valence-electron chi connectivity index (χ0n) is 19.1. The Morgan fingerprint density at radius 2 is 0.714 bits per heavy atom. The van der Waals surface area contributed by atoms with Crippen LogP contribution in [0.25, 0.3) is 33.5 Å². The summed E-state index contributed by atoms with van der Waals surface area (Å²) in [6.45, 7) is 0. The van der Waals surface area contributed by atoms with Crippen LogP contribution < -0.4 is 4.90 Å². The largest absolute Gasteiger partial charge is 0.311 e. The number of aromatic nitrogens is 2. The van der Waals surface area contributed by atoms with Crippen LogP contribution in [0.2, 0.25) is 0 Å². The lowest BCUT2D eigenvalue weighted by Crippen LogP contribution is -2.09. The van der Waals surface area contributed by atoms with Crippen LogP contribution in [0.15, 0.2) is 140 Å². The summed E-state index contributed by atoms with van der Waals surface area (Å²) in [5.74, 6) is 0. The molecule has 166 valence electrons. The summed E-state index contributed by atoms with van der Waals surface area (Å²) in [4.78, 5) is 12.3. The van der Waals surface area contributed by atoms with Gasteiger partial charge in [-0.3, -0.25) is 0 Å². The average molecular weight is 450 g/mol. The number of hydrogen-bond donors (Lipinski definition) is 0. The van der Waals surface area contributed by atoms with E-state index < -0.39 is 0 Å². The molecule has 0 aliphatic carbocycles. The Morgan fingerprint density at radius 3 is 1.20 bits per heavy atom. The van der Waals surface area contributed by atoms with Crippen LogP contribution in [0.1, 0.15) is 0 Å². The quantitative estimate of drug-likeness (QED) is 0.264. The summed E-state index contributed by atoms with van der Waals surface area (Å²) in [5, 5.41) is 0. The molecule has 0 aliphatic rings. The highest BCUT2D eigenvalue weighted by atomic mass is 15.1. The van der Waals surface area contributed by atoms with Gasteiger partial charge < -0.3 is 4.90 Å². The van der Waals surface area contributed by atoms with Crippen LogP contribution >= 0.6 is 0 Å². The fourth-order valence-corrected chi connectivity index (χ4v) is 4.37. The molecule has 0 saturated heterocycles. The molecule has 0 atom stereocenters. The maximum atomic E-state index is 5.04. The molecule has 1 heterocycles. The molecule has 0 spiro atoms. The molecule has 35 heavy (non-hydrogen) atoms. The Morgan fingerprint density at radius 1 is 0.343 bits per heavy atom. The zero-order chi connectivity index (χ0) is 23.5. The third kappa shape index (κ3) is 4.16. The van der Waals surface area contributed by atoms with E-state index in [1.165, 1.54) is 0 Å². The Hall–Kier alpha value is -4.76. The van der Waals surface area contributed by atoms with Crippen molar-refractivity contribution in [3.05, 3.63) is 140 Å². The maximum Gasteiger partial charge on any atom is 0.0973 e. The van der Waals surface area contributed by atoms with Gasteiger partial charge in [0.05, 0.1) is 22.4 Å². The Kier molecular flexibility index (Phi) is 5.50. The molecule has 0 N–H and O–H groups in total. The molecule has 5 aromatic carbocycles. The molecule has 0 fully saturated rings. The molecule has 0 saturated carbocycles. The first-order valence-corrected chi connectivity index (χ1v) is 11.7. The van der Waals surface area contributed by atoms with Crippen molar-refractivity contribution in [1.82, 2.24) is 9.97 Å². The lowest BCUT2D eigenvalue weighted by Gasteiger charge is -2.25. The highest BCUT2D eigenvalue weighted by molar-refractivity contribution is 5.87. The number of para-hydroxylation sites is 4. The second-order valence-corrected chi connectivity index (χ2v) is 8.33. The van der Waals surface area contributed by atoms with Crippen LogP contribution in [-0.2, 0) is 0 Å². The van der Waals surface area contributed by atoms with E-state index in [2.05, 4.69) is 89.8 Å². The highest BCUT2D eigenvalue weighted by Crippen LogP contribution is 2.36. The molecule has 6 rings (SSSR count). The molecule has 3 nitrogen and oxygen atoms in total. The topological polar surface area (TPSA) is 29.0 Å². The normalized spacial score (nSPS) is 10.9. The third-order valence-electron chi connectivity index (χ3n) is 6.05. The molecule has 6 aromatic rings. The minimum absolute atomic E-state index is 0.882. The summed E-state index contributed by atoms with van der Waals surface area (Å²) >= 11 is 0. The number of hydrogen-bond acceptors (Lipinski definition) is 3. The zero-order valence-corrected chi connectivity index (χ0v) is 19.1. The number of rotatable bonds is 5. The molecule has 0 bridgehead atoms. The summed E-state index contributed by atoms with van der Waals surface area (Å²) < 4.78 is 0. The van der Waals surface area contributed by atoms with Gasteiger partial charge in [-0.15, -0.1) is 0 Å². The summed E-state index contributed by atoms with van der Waals surface area (Å²) in [6.07, 6.45) is 0. The third-order valence-corrected chi connectivity index (χ3v) is 6.05. The van der Waals surface area contributed by atoms with Gasteiger partial charge in [0.1, 0.15) is 0 Å². The molecule has 0 unspecified atom stereocenters. The van der Waals surface area contributed by atoms with Crippen LogP contribution in [-0.4, -0.2) is 9.97 Å². The van der Waals surface area contributed by atoms with Crippen LogP contribution in [0, 0.1) is 0 Å². The number of nitrogens with zero attached hydrogens (tertiary/aromatic N) is 3. The molecule has 1 aromatic heterocycles. The molecular weight excluding hydrogens is 426 g/mol. The Labute approximate surface area is 205 Å². The predicted molar refractivity (Wildman–Crippen MR) is 145 cm³/mol. The average Bonchev–Trinajstić information content (AvgIpc) is 2.95. The van der Waals surface area contributed by atoms with Gasteiger partial charge >= 0.3 is 0 Å². The van der Waals surface area contributed by atoms with Gasteiger partial charge in [-0.25, -0.2) is 9.97 Å². The van der Waals surface area contributed by atoms with Gasteiger partial charge in [-0.1, -0.05) is 91.0 Å². The van der Waals surface area contributed by atoms with Crippen molar-refractivity contribution >= 4 is 28.1 Å². The fraction of sp³-hybridized carbons (Fsp3) is 0. The van der Waals surface area contributed by atoms with E-state index in [-0.39, 0.29) is 0 Å². The number of benzene rings is 5. The second kappa shape index (κ2) is 9.24. The lowest BCUT2D eigenvalue weighted by atomic mass is 10.0. The standard InChI is InChI=1S/C32H23N3/c1-4-12-24(13-5-1)31-32(34-30-19-11-10-18-29(30)33-31)25-20-22-28(23-21-25)35(26-14-6-2-7-15-26)27-16-8-3-9-17-27/h1-23H. The van der Waals surface area contributed by atoms with E-state index in [9.17, 15) is 0 Å². The molecule has 3 heteroatoms. The van der Waals surface area contributed by atoms with E-state index in [4.69, 9.17) is 9.97 Å². The Bertz CT molecular complexity index is 1520. The van der Waals surface area contributed by atoms with Crippen molar-refractivity contribution in [1.29, 1.82) is 0 Å². The maximum absolute atomic E-state index is 5.04. The summed E-state index contributed by atoms with van der Waals surface area (Å²) in [7, 11) is 0. The van der Waals surface area contributed by atoms with Gasteiger partial charge in [0, 0.05) is 28.2 Å². The number of fused-ring (bicyclic) bond motifs is 1. The summed E-state index contributed by atoms with van der Waals surface area (Å²) in [5.41, 5.74) is 8.96.